The van der Waals surface area contributed by atoms with Crippen molar-refractivity contribution >= 4 is 33.0 Å². The summed E-state index contributed by atoms with van der Waals surface area (Å²) < 4.78 is 6.47. The normalized spacial score (nSPS) is 11.8. The second-order valence-electron chi connectivity index (χ2n) is 7.45. The van der Waals surface area contributed by atoms with Crippen LogP contribution in [0.15, 0.2) is 98.6 Å². The van der Waals surface area contributed by atoms with Crippen molar-refractivity contribution in [2.24, 2.45) is 12.0 Å². The van der Waals surface area contributed by atoms with Crippen molar-refractivity contribution in [3.63, 3.8) is 0 Å². The maximum atomic E-state index is 13.8. The quantitative estimate of drug-likeness (QED) is 0.320. The number of halogens is 1. The van der Waals surface area contributed by atoms with Crippen LogP contribution in [0.1, 0.15) is 5.69 Å². The Kier molecular flexibility index (Phi) is 5.70. The van der Waals surface area contributed by atoms with Crippen LogP contribution >= 0.6 is 27.3 Å². The lowest BCUT2D eigenvalue weighted by molar-refractivity contribution is 0.630. The van der Waals surface area contributed by atoms with Crippen LogP contribution in [0.2, 0.25) is 0 Å². The summed E-state index contributed by atoms with van der Waals surface area (Å²) in [5.41, 5.74) is 4.48. The van der Waals surface area contributed by atoms with Crippen LogP contribution in [0.25, 0.3) is 22.8 Å². The van der Waals surface area contributed by atoms with Gasteiger partial charge in [0.15, 0.2) is 4.80 Å². The third-order valence-corrected chi connectivity index (χ3v) is 6.79. The number of pyridine rings is 1. The van der Waals surface area contributed by atoms with E-state index < -0.39 is 0 Å². The second-order valence-corrected chi connectivity index (χ2v) is 9.20. The molecule has 5 aromatic rings. The Morgan fingerprint density at radius 1 is 0.970 bits per heavy atom. The van der Waals surface area contributed by atoms with Crippen LogP contribution in [-0.2, 0) is 7.05 Å². The van der Waals surface area contributed by atoms with Crippen molar-refractivity contribution < 1.29 is 0 Å². The van der Waals surface area contributed by atoms with Gasteiger partial charge >= 0.3 is 0 Å². The molecule has 3 aromatic heterocycles. The molecule has 0 spiro atoms. The Bertz CT molecular complexity index is 1540. The van der Waals surface area contributed by atoms with Gasteiger partial charge in [-0.25, -0.2) is 9.67 Å². The molecular weight excluding hydrogens is 498 g/mol. The van der Waals surface area contributed by atoms with Gasteiger partial charge in [-0.3, -0.25) is 19.0 Å². The molecule has 0 fully saturated rings. The predicted molar refractivity (Wildman–Crippen MR) is 136 cm³/mol. The van der Waals surface area contributed by atoms with E-state index >= 15 is 0 Å². The first-order valence-electron chi connectivity index (χ1n) is 10.3. The van der Waals surface area contributed by atoms with Gasteiger partial charge in [-0.2, -0.15) is 0 Å². The number of nitrogens with zero attached hydrogens (tertiary/aromatic N) is 5. The van der Waals surface area contributed by atoms with Crippen LogP contribution in [0, 0.1) is 6.92 Å². The van der Waals surface area contributed by atoms with Crippen molar-refractivity contribution in [1.82, 2.24) is 18.9 Å². The minimum absolute atomic E-state index is 0.117. The molecular formula is C25H20BrN5OS. The van der Waals surface area contributed by atoms with Crippen molar-refractivity contribution in [1.29, 1.82) is 0 Å². The molecule has 5 rings (SSSR count). The molecule has 0 unspecified atom stereocenters. The van der Waals surface area contributed by atoms with E-state index in [1.54, 1.807) is 10.9 Å². The summed E-state index contributed by atoms with van der Waals surface area (Å²) in [5, 5.41) is 2.00. The lowest BCUT2D eigenvalue weighted by Crippen LogP contribution is -2.25. The van der Waals surface area contributed by atoms with E-state index in [1.165, 1.54) is 11.3 Å². The van der Waals surface area contributed by atoms with Crippen LogP contribution in [0.5, 0.6) is 0 Å². The van der Waals surface area contributed by atoms with E-state index in [0.29, 0.717) is 10.5 Å². The molecule has 0 amide bonds. The molecule has 0 aliphatic heterocycles. The third kappa shape index (κ3) is 3.92. The van der Waals surface area contributed by atoms with E-state index in [2.05, 4.69) is 20.9 Å². The Morgan fingerprint density at radius 3 is 2.39 bits per heavy atom. The molecule has 0 aliphatic carbocycles. The number of aromatic nitrogens is 4. The summed E-state index contributed by atoms with van der Waals surface area (Å²) in [6.45, 7) is 1.95. The van der Waals surface area contributed by atoms with Gasteiger partial charge < -0.3 is 0 Å². The van der Waals surface area contributed by atoms with Gasteiger partial charge in [-0.1, -0.05) is 40.2 Å². The minimum atomic E-state index is -0.117. The highest BCUT2D eigenvalue weighted by molar-refractivity contribution is 9.10. The number of thiazole rings is 1. The summed E-state index contributed by atoms with van der Waals surface area (Å²) in [5.74, 6) is 0. The molecule has 164 valence electrons. The molecule has 0 saturated heterocycles. The van der Waals surface area contributed by atoms with E-state index in [4.69, 9.17) is 4.99 Å². The summed E-state index contributed by atoms with van der Waals surface area (Å²) >= 11 is 4.95. The van der Waals surface area contributed by atoms with Gasteiger partial charge in [-0.05, 0) is 55.5 Å². The highest BCUT2D eigenvalue weighted by atomic mass is 79.9. The van der Waals surface area contributed by atoms with E-state index in [0.717, 1.165) is 32.9 Å². The molecule has 3 heterocycles. The Hall–Kier alpha value is -3.49. The summed E-state index contributed by atoms with van der Waals surface area (Å²) in [6.07, 6.45) is 1.75. The van der Waals surface area contributed by atoms with Gasteiger partial charge in [0.25, 0.3) is 5.56 Å². The first-order chi connectivity index (χ1) is 16.0. The van der Waals surface area contributed by atoms with Crippen LogP contribution in [0.4, 0.5) is 5.69 Å². The fourth-order valence-electron chi connectivity index (χ4n) is 3.74. The van der Waals surface area contributed by atoms with Crippen molar-refractivity contribution in [3.05, 3.63) is 110 Å². The average Bonchev–Trinajstić information content (AvgIpc) is 3.34. The van der Waals surface area contributed by atoms with Crippen molar-refractivity contribution in [3.8, 4) is 22.8 Å². The van der Waals surface area contributed by atoms with Gasteiger partial charge in [0.2, 0.25) is 0 Å². The largest absolute Gasteiger partial charge is 0.296 e. The Labute approximate surface area is 202 Å². The highest BCUT2D eigenvalue weighted by Gasteiger charge is 2.22. The molecule has 2 aromatic carbocycles. The summed E-state index contributed by atoms with van der Waals surface area (Å²) in [7, 11) is 1.89. The molecule has 0 N–H and O–H groups in total. The molecule has 0 radical (unpaired) electrons. The first-order valence-corrected chi connectivity index (χ1v) is 12.0. The predicted octanol–water partition coefficient (Wildman–Crippen LogP) is 5.39. The molecule has 33 heavy (non-hydrogen) atoms. The van der Waals surface area contributed by atoms with E-state index in [-0.39, 0.29) is 5.56 Å². The minimum Gasteiger partial charge on any atom is -0.283 e. The molecule has 0 atom stereocenters. The van der Waals surface area contributed by atoms with Crippen LogP contribution < -0.4 is 10.4 Å². The Morgan fingerprint density at radius 2 is 1.70 bits per heavy atom. The summed E-state index contributed by atoms with van der Waals surface area (Å²) in [4.78, 5) is 23.9. The number of hydrogen-bond donors (Lipinski definition) is 0. The first kappa shape index (κ1) is 21.4. The van der Waals surface area contributed by atoms with Crippen LogP contribution in [-0.4, -0.2) is 18.9 Å². The third-order valence-electron chi connectivity index (χ3n) is 5.43. The Balaban J connectivity index is 1.82. The fourth-order valence-corrected chi connectivity index (χ4v) is 4.90. The molecule has 6 nitrogen and oxygen atoms in total. The zero-order chi connectivity index (χ0) is 22.9. The zero-order valence-corrected chi connectivity index (χ0v) is 20.4. The SMILES string of the molecule is Cc1c(-n2c(-c3ccccn3)csc2=Nc2ccc(Br)cc2)c(=O)n(-c2ccccc2)n1C. The number of hydrogen-bond acceptors (Lipinski definition) is 4. The van der Waals surface area contributed by atoms with E-state index in [9.17, 15) is 4.79 Å². The topological polar surface area (TPSA) is 57.1 Å². The van der Waals surface area contributed by atoms with Crippen molar-refractivity contribution in [2.45, 2.75) is 6.92 Å². The van der Waals surface area contributed by atoms with Gasteiger partial charge in [-0.15, -0.1) is 11.3 Å². The molecule has 0 bridgehead atoms. The van der Waals surface area contributed by atoms with Crippen molar-refractivity contribution in [2.75, 3.05) is 0 Å². The molecule has 8 heteroatoms. The number of benzene rings is 2. The number of para-hydroxylation sites is 1. The van der Waals surface area contributed by atoms with Gasteiger partial charge in [0, 0.05) is 23.1 Å². The molecule has 0 saturated carbocycles. The van der Waals surface area contributed by atoms with Gasteiger partial charge in [0.1, 0.15) is 5.69 Å². The zero-order valence-electron chi connectivity index (χ0n) is 18.0. The number of rotatable bonds is 4. The maximum absolute atomic E-state index is 13.8. The average molecular weight is 518 g/mol. The fraction of sp³-hybridized carbons (Fsp3) is 0.0800. The lowest BCUT2D eigenvalue weighted by atomic mass is 10.2. The monoisotopic (exact) mass is 517 g/mol. The maximum Gasteiger partial charge on any atom is 0.296 e. The summed E-state index contributed by atoms with van der Waals surface area (Å²) in [6, 6.07) is 23.2. The standard InChI is InChI=1S/C25H20BrN5OS/c1-17-23(24(32)31(29(17)2)20-8-4-3-5-9-20)30-22(21-10-6-7-15-27-21)16-33-25(30)28-19-13-11-18(26)12-14-19/h3-16H,1-2H3. The lowest BCUT2D eigenvalue weighted by Gasteiger charge is -2.08. The highest BCUT2D eigenvalue weighted by Crippen LogP contribution is 2.24. The van der Waals surface area contributed by atoms with E-state index in [1.807, 2.05) is 101 Å². The second kappa shape index (κ2) is 8.80. The van der Waals surface area contributed by atoms with Crippen LogP contribution in [0.3, 0.4) is 0 Å². The smallest absolute Gasteiger partial charge is 0.283 e. The molecule has 0 aliphatic rings. The van der Waals surface area contributed by atoms with Gasteiger partial charge in [0.05, 0.1) is 28.5 Å².